The second kappa shape index (κ2) is 16.0. The van der Waals surface area contributed by atoms with Crippen molar-refractivity contribution in [1.29, 1.82) is 0 Å². The number of benzene rings is 2. The minimum absolute atomic E-state index is 0.0289. The van der Waals surface area contributed by atoms with Crippen molar-refractivity contribution in [2.45, 2.75) is 113 Å². The minimum atomic E-state index is -3.93. The molecule has 4 aromatic rings. The summed E-state index contributed by atoms with van der Waals surface area (Å²) in [6.07, 6.45) is 6.33. The van der Waals surface area contributed by atoms with Gasteiger partial charge in [-0.15, -0.1) is 0 Å². The summed E-state index contributed by atoms with van der Waals surface area (Å²) in [5.74, 6) is -1.37. The zero-order valence-electron chi connectivity index (χ0n) is 34.1. The van der Waals surface area contributed by atoms with Crippen molar-refractivity contribution in [3.63, 3.8) is 0 Å². The average Bonchev–Trinajstić information content (AvgIpc) is 4.11. The van der Waals surface area contributed by atoms with E-state index in [0.717, 1.165) is 18.2 Å². The van der Waals surface area contributed by atoms with Gasteiger partial charge in [0.1, 0.15) is 46.2 Å². The van der Waals surface area contributed by atoms with Gasteiger partial charge in [0.25, 0.3) is 11.8 Å². The van der Waals surface area contributed by atoms with E-state index in [-0.39, 0.29) is 37.3 Å². The Labute approximate surface area is 347 Å². The summed E-state index contributed by atoms with van der Waals surface area (Å²) in [7, 11) is -2.35. The number of hydrogen-bond donors (Lipinski definition) is 3. The van der Waals surface area contributed by atoms with E-state index in [1.807, 2.05) is 48.6 Å². The number of para-hydroxylation sites is 1. The van der Waals surface area contributed by atoms with E-state index in [0.29, 0.717) is 53.9 Å². The Kier molecular flexibility index (Phi) is 11.0. The highest BCUT2D eigenvalue weighted by Crippen LogP contribution is 2.46. The van der Waals surface area contributed by atoms with E-state index in [9.17, 15) is 27.6 Å². The fourth-order valence-corrected chi connectivity index (χ4v) is 9.33. The lowest BCUT2D eigenvalue weighted by Gasteiger charge is -2.30. The molecule has 16 nitrogen and oxygen atoms in total. The van der Waals surface area contributed by atoms with Crippen LogP contribution in [0.15, 0.2) is 65.1 Å². The predicted molar refractivity (Wildman–Crippen MR) is 220 cm³/mol. The van der Waals surface area contributed by atoms with Gasteiger partial charge in [0, 0.05) is 23.3 Å². The Balaban J connectivity index is 1.15. The molecule has 60 heavy (non-hydrogen) atoms. The molecule has 2 aliphatic heterocycles. The molecule has 0 spiro atoms. The second-order valence-electron chi connectivity index (χ2n) is 17.1. The van der Waals surface area contributed by atoms with Crippen molar-refractivity contribution >= 4 is 55.9 Å². The molecule has 0 bridgehead atoms. The van der Waals surface area contributed by atoms with E-state index in [1.165, 1.54) is 4.90 Å². The standard InChI is InChI=1S/C43H50N6O10S/c1-42(2,3)59-41(53)44-31-14-9-7-5-6-8-12-26-23-43(26,40(52)48-60(54,55)29-20-21-29)47-37(50)32-22-28(24-49(32)39(31)51)57-38-35-34(30-13-10-11-15-33(30)58-35)45-36(46-38)25-16-18-27(56-4)19-17-25/h8,10-13,15-19,26,28-29,31-32H,5-7,9,14,20-24H2,1-4H3,(H,44,53)(H,47,50)(H,48,52)/b12-8-. The molecule has 4 heterocycles. The zero-order chi connectivity index (χ0) is 42.4. The van der Waals surface area contributed by atoms with Gasteiger partial charge in [0.15, 0.2) is 5.82 Å². The van der Waals surface area contributed by atoms with Crippen molar-refractivity contribution in [2.24, 2.45) is 5.92 Å². The van der Waals surface area contributed by atoms with Crippen molar-refractivity contribution in [2.75, 3.05) is 13.7 Å². The first-order valence-electron chi connectivity index (χ1n) is 20.5. The number of carbonyl (C=O) groups is 4. The minimum Gasteiger partial charge on any atom is -0.497 e. The van der Waals surface area contributed by atoms with Crippen LogP contribution in [-0.2, 0) is 29.1 Å². The lowest BCUT2D eigenvalue weighted by molar-refractivity contribution is -0.141. The molecular formula is C43H50N6O10S. The first-order chi connectivity index (χ1) is 28.6. The summed E-state index contributed by atoms with van der Waals surface area (Å²) in [4.78, 5) is 67.3. The summed E-state index contributed by atoms with van der Waals surface area (Å²) >= 11 is 0. The Morgan fingerprint density at radius 2 is 1.77 bits per heavy atom. The number of nitrogens with one attached hydrogen (secondary N) is 3. The average molecular weight is 843 g/mol. The van der Waals surface area contributed by atoms with Gasteiger partial charge in [-0.05, 0) is 95.7 Å². The van der Waals surface area contributed by atoms with Gasteiger partial charge in [-0.1, -0.05) is 37.1 Å². The summed E-state index contributed by atoms with van der Waals surface area (Å²) < 4.78 is 51.9. The number of furan rings is 1. The van der Waals surface area contributed by atoms with Gasteiger partial charge in [-0.3, -0.25) is 19.1 Å². The maximum Gasteiger partial charge on any atom is 0.408 e. The number of nitrogens with zero attached hydrogens (tertiary/aromatic N) is 3. The largest absolute Gasteiger partial charge is 0.497 e. The number of ether oxygens (including phenoxy) is 3. The third-order valence-corrected chi connectivity index (χ3v) is 13.2. The summed E-state index contributed by atoms with van der Waals surface area (Å²) in [6, 6.07) is 12.4. The molecule has 8 rings (SSSR count). The van der Waals surface area contributed by atoms with Gasteiger partial charge in [0.05, 0.1) is 18.9 Å². The molecule has 2 aromatic heterocycles. The van der Waals surface area contributed by atoms with Gasteiger partial charge >= 0.3 is 6.09 Å². The van der Waals surface area contributed by atoms with E-state index in [1.54, 1.807) is 40.0 Å². The molecule has 17 heteroatoms. The van der Waals surface area contributed by atoms with Gasteiger partial charge in [0.2, 0.25) is 27.4 Å². The summed E-state index contributed by atoms with van der Waals surface area (Å²) in [6.45, 7) is 5.08. The van der Waals surface area contributed by atoms with Crippen LogP contribution in [0.5, 0.6) is 11.6 Å². The SMILES string of the molecule is COc1ccc(-c2nc(OC3CC4C(=O)NC5(C(=O)NS(=O)(=O)C6CC6)CC5/C=C\CCCCCC(NC(=O)OC(C)(C)C)C(=O)N4C3)c3oc4ccccc4c3n2)cc1. The van der Waals surface area contributed by atoms with Crippen LogP contribution in [0.25, 0.3) is 33.5 Å². The highest BCUT2D eigenvalue weighted by atomic mass is 32.2. The third-order valence-electron chi connectivity index (χ3n) is 11.3. The van der Waals surface area contributed by atoms with E-state index in [4.69, 9.17) is 28.6 Å². The quantitative estimate of drug-likeness (QED) is 0.193. The van der Waals surface area contributed by atoms with Crippen LogP contribution in [0.3, 0.4) is 0 Å². The highest BCUT2D eigenvalue weighted by molar-refractivity contribution is 7.91. The maximum absolute atomic E-state index is 14.7. The number of hydrogen-bond acceptors (Lipinski definition) is 12. The van der Waals surface area contributed by atoms with Crippen LogP contribution < -0.4 is 24.8 Å². The molecule has 318 valence electrons. The number of sulfonamides is 1. The molecule has 1 saturated heterocycles. The Morgan fingerprint density at radius 1 is 1.00 bits per heavy atom. The molecule has 5 unspecified atom stereocenters. The number of carbonyl (C=O) groups excluding carboxylic acids is 4. The van der Waals surface area contributed by atoms with Crippen LogP contribution in [0.1, 0.15) is 78.6 Å². The molecule has 5 atom stereocenters. The highest BCUT2D eigenvalue weighted by Gasteiger charge is 2.62. The molecular weight excluding hydrogens is 793 g/mol. The summed E-state index contributed by atoms with van der Waals surface area (Å²) in [5.41, 5.74) is -0.356. The van der Waals surface area contributed by atoms with Crippen LogP contribution in [0, 0.1) is 5.92 Å². The number of methoxy groups -OCH3 is 1. The van der Waals surface area contributed by atoms with Gasteiger partial charge in [-0.25, -0.2) is 18.2 Å². The normalized spacial score (nSPS) is 25.6. The molecule has 2 aromatic carbocycles. The van der Waals surface area contributed by atoms with E-state index >= 15 is 0 Å². The van der Waals surface area contributed by atoms with E-state index in [2.05, 4.69) is 15.4 Å². The lowest BCUT2D eigenvalue weighted by Crippen LogP contribution is -2.58. The molecule has 2 saturated carbocycles. The molecule has 3 N–H and O–H groups in total. The van der Waals surface area contributed by atoms with Crippen LogP contribution in [-0.4, -0.2) is 95.3 Å². The number of fused-ring (bicyclic) bond motifs is 5. The Bertz CT molecular complexity index is 2460. The molecule has 3 fully saturated rings. The smallest absolute Gasteiger partial charge is 0.408 e. The van der Waals surface area contributed by atoms with Crippen LogP contribution in [0.2, 0.25) is 0 Å². The molecule has 0 radical (unpaired) electrons. The van der Waals surface area contributed by atoms with Crippen molar-refractivity contribution in [1.82, 2.24) is 30.2 Å². The Morgan fingerprint density at radius 3 is 2.50 bits per heavy atom. The number of amides is 4. The number of allylic oxidation sites excluding steroid dienone is 1. The summed E-state index contributed by atoms with van der Waals surface area (Å²) in [5, 5.41) is 5.73. The predicted octanol–water partition coefficient (Wildman–Crippen LogP) is 5.30. The first-order valence-corrected chi connectivity index (χ1v) is 22.0. The van der Waals surface area contributed by atoms with Crippen molar-refractivity contribution < 1.29 is 46.2 Å². The molecule has 4 amide bonds. The second-order valence-corrected chi connectivity index (χ2v) is 19.0. The van der Waals surface area contributed by atoms with Gasteiger partial charge < -0.3 is 34.2 Å². The number of aromatic nitrogens is 2. The van der Waals surface area contributed by atoms with Crippen molar-refractivity contribution in [3.05, 3.63) is 60.7 Å². The first kappa shape index (κ1) is 41.0. The van der Waals surface area contributed by atoms with Crippen LogP contribution >= 0.6 is 0 Å². The van der Waals surface area contributed by atoms with Crippen LogP contribution in [0.4, 0.5) is 4.79 Å². The van der Waals surface area contributed by atoms with Gasteiger partial charge in [-0.2, -0.15) is 4.98 Å². The zero-order valence-corrected chi connectivity index (χ0v) is 34.9. The fourth-order valence-electron chi connectivity index (χ4n) is 7.97. The Hall–Kier alpha value is -5.71. The van der Waals surface area contributed by atoms with Crippen molar-refractivity contribution in [3.8, 4) is 23.0 Å². The molecule has 4 aliphatic rings. The lowest BCUT2D eigenvalue weighted by atomic mass is 10.0. The number of rotatable bonds is 8. The third kappa shape index (κ3) is 8.62. The molecule has 2 aliphatic carbocycles. The monoisotopic (exact) mass is 842 g/mol. The topological polar surface area (TPSA) is 208 Å². The fraction of sp³-hybridized carbons (Fsp3) is 0.488. The maximum atomic E-state index is 14.7. The van der Waals surface area contributed by atoms with E-state index < -0.39 is 74.3 Å². The number of alkyl carbamates (subject to hydrolysis) is 1.